The minimum atomic E-state index is -0.510. The largest absolute Gasteiger partial charge is 0.474 e. The molecule has 2 fully saturated rings. The SMILES string of the molecule is Cn1c(Cn2cnnc2-c2cnc3cc(N4CCOCC4)nc(OC4CCC(Nc5ncccn5)CC4)c3c2)cnc1[N+](=O)[O-]. The highest BCUT2D eigenvalue weighted by Crippen LogP contribution is 2.33. The molecule has 1 aliphatic carbocycles. The quantitative estimate of drug-likeness (QED) is 0.190. The Morgan fingerprint density at radius 3 is 2.62 bits per heavy atom. The van der Waals surface area contributed by atoms with Crippen molar-refractivity contribution in [3.8, 4) is 17.3 Å². The molecule has 7 rings (SSSR count). The van der Waals surface area contributed by atoms with Gasteiger partial charge in [0, 0.05) is 49.4 Å². The van der Waals surface area contributed by atoms with Crippen molar-refractivity contribution in [3.63, 3.8) is 0 Å². The number of aromatic nitrogens is 9. The van der Waals surface area contributed by atoms with E-state index in [0.717, 1.165) is 61.1 Å². The summed E-state index contributed by atoms with van der Waals surface area (Å²) in [6, 6.07) is 6.03. The van der Waals surface area contributed by atoms with Gasteiger partial charge in [0.1, 0.15) is 30.1 Å². The second-order valence-corrected chi connectivity index (χ2v) is 11.1. The molecule has 16 heteroatoms. The summed E-state index contributed by atoms with van der Waals surface area (Å²) >= 11 is 0. The molecule has 232 valence electrons. The Morgan fingerprint density at radius 2 is 1.87 bits per heavy atom. The van der Waals surface area contributed by atoms with Gasteiger partial charge in [-0.3, -0.25) is 4.98 Å². The molecule has 2 aliphatic rings. The molecule has 0 aromatic carbocycles. The van der Waals surface area contributed by atoms with Crippen molar-refractivity contribution >= 4 is 28.6 Å². The second kappa shape index (κ2) is 12.4. The van der Waals surface area contributed by atoms with Gasteiger partial charge < -0.3 is 34.4 Å². The van der Waals surface area contributed by atoms with Gasteiger partial charge in [-0.25, -0.2) is 14.5 Å². The van der Waals surface area contributed by atoms with Gasteiger partial charge in [-0.1, -0.05) is 4.98 Å². The fraction of sp³-hybridized carbons (Fsp3) is 0.414. The predicted octanol–water partition coefficient (Wildman–Crippen LogP) is 3.01. The lowest BCUT2D eigenvalue weighted by Gasteiger charge is -2.31. The average Bonchev–Trinajstić information content (AvgIpc) is 3.69. The number of ether oxygens (including phenoxy) is 2. The van der Waals surface area contributed by atoms with Crippen LogP contribution >= 0.6 is 0 Å². The first kappa shape index (κ1) is 28.5. The average molecular weight is 613 g/mol. The Morgan fingerprint density at radius 1 is 1.07 bits per heavy atom. The number of nitrogens with one attached hydrogen (secondary N) is 1. The third-order valence-corrected chi connectivity index (χ3v) is 8.25. The predicted molar refractivity (Wildman–Crippen MR) is 163 cm³/mol. The van der Waals surface area contributed by atoms with Gasteiger partial charge in [-0.2, -0.15) is 4.98 Å². The highest BCUT2D eigenvalue weighted by molar-refractivity contribution is 5.88. The molecule has 45 heavy (non-hydrogen) atoms. The van der Waals surface area contributed by atoms with Crippen LogP contribution in [0.15, 0.2) is 49.3 Å². The fourth-order valence-corrected chi connectivity index (χ4v) is 5.81. The highest BCUT2D eigenvalue weighted by Gasteiger charge is 2.26. The Balaban J connectivity index is 1.16. The maximum atomic E-state index is 11.3. The first-order chi connectivity index (χ1) is 22.0. The summed E-state index contributed by atoms with van der Waals surface area (Å²) in [6.45, 7) is 3.05. The lowest BCUT2D eigenvalue weighted by molar-refractivity contribution is -0.396. The number of anilines is 2. The van der Waals surface area contributed by atoms with E-state index < -0.39 is 4.92 Å². The number of rotatable bonds is 9. The molecule has 6 heterocycles. The Kier molecular flexibility index (Phi) is 7.85. The van der Waals surface area contributed by atoms with Crippen molar-refractivity contribution in [2.75, 3.05) is 36.5 Å². The van der Waals surface area contributed by atoms with E-state index in [1.807, 2.05) is 16.7 Å². The maximum Gasteiger partial charge on any atom is 0.434 e. The van der Waals surface area contributed by atoms with Gasteiger partial charge in [-0.15, -0.1) is 10.2 Å². The summed E-state index contributed by atoms with van der Waals surface area (Å²) in [5.74, 6) is 2.30. The molecule has 0 atom stereocenters. The fourth-order valence-electron chi connectivity index (χ4n) is 5.81. The lowest BCUT2D eigenvalue weighted by atomic mass is 9.93. The molecule has 5 aromatic rings. The van der Waals surface area contributed by atoms with Crippen molar-refractivity contribution in [1.82, 2.24) is 44.3 Å². The zero-order chi connectivity index (χ0) is 30.8. The molecule has 1 saturated carbocycles. The number of hydrogen-bond acceptors (Lipinski definition) is 13. The van der Waals surface area contributed by atoms with Crippen LogP contribution in [0.5, 0.6) is 5.88 Å². The number of fused-ring (bicyclic) bond motifs is 1. The van der Waals surface area contributed by atoms with E-state index in [0.29, 0.717) is 43.1 Å². The summed E-state index contributed by atoms with van der Waals surface area (Å²) < 4.78 is 15.5. The van der Waals surface area contributed by atoms with Crippen LogP contribution in [0.25, 0.3) is 22.3 Å². The molecule has 0 bridgehead atoms. The van der Waals surface area contributed by atoms with Crippen molar-refractivity contribution in [2.45, 2.75) is 44.4 Å². The summed E-state index contributed by atoms with van der Waals surface area (Å²) in [6.07, 6.45) is 11.8. The second-order valence-electron chi connectivity index (χ2n) is 11.1. The van der Waals surface area contributed by atoms with Crippen LogP contribution in [0, 0.1) is 10.1 Å². The van der Waals surface area contributed by atoms with Crippen molar-refractivity contribution in [3.05, 3.63) is 65.1 Å². The number of morpholine rings is 1. The number of hydrogen-bond donors (Lipinski definition) is 1. The molecule has 0 unspecified atom stereocenters. The van der Waals surface area contributed by atoms with Gasteiger partial charge >= 0.3 is 5.95 Å². The first-order valence-electron chi connectivity index (χ1n) is 14.9. The lowest BCUT2D eigenvalue weighted by Crippen LogP contribution is -2.37. The Hall–Kier alpha value is -5.25. The zero-order valence-electron chi connectivity index (χ0n) is 24.7. The third-order valence-electron chi connectivity index (χ3n) is 8.25. The standard InChI is InChI=1S/C29H32N12O4/c1-38-21(16-33-29(38)41(42)43)17-40-18-34-37-26(40)19-13-23-24(32-15-19)14-25(39-9-11-44-12-10-39)36-27(23)45-22-5-3-20(4-6-22)35-28-30-7-2-8-31-28/h2,7-8,13-16,18,20,22H,3-6,9-12,17H2,1H3,(H,30,31,35). The molecule has 0 spiro atoms. The topological polar surface area (TPSA) is 177 Å². The van der Waals surface area contributed by atoms with Gasteiger partial charge in [0.2, 0.25) is 11.8 Å². The molecular weight excluding hydrogens is 580 g/mol. The van der Waals surface area contributed by atoms with Crippen LogP contribution in [-0.4, -0.2) is 87.6 Å². The smallest absolute Gasteiger partial charge is 0.434 e. The summed E-state index contributed by atoms with van der Waals surface area (Å²) in [5, 5.41) is 24.0. The monoisotopic (exact) mass is 612 g/mol. The minimum absolute atomic E-state index is 0.0108. The number of imidazole rings is 1. The number of pyridine rings is 2. The van der Waals surface area contributed by atoms with Crippen LogP contribution in [0.1, 0.15) is 31.4 Å². The highest BCUT2D eigenvalue weighted by atomic mass is 16.6. The van der Waals surface area contributed by atoms with E-state index in [2.05, 4.69) is 35.4 Å². The Bertz CT molecular complexity index is 1800. The van der Waals surface area contributed by atoms with Crippen molar-refractivity contribution in [2.24, 2.45) is 7.05 Å². The van der Waals surface area contributed by atoms with E-state index in [-0.39, 0.29) is 18.1 Å². The minimum Gasteiger partial charge on any atom is -0.474 e. The molecule has 1 N–H and O–H groups in total. The van der Waals surface area contributed by atoms with Gasteiger partial charge in [0.15, 0.2) is 5.82 Å². The molecule has 5 aromatic heterocycles. The van der Waals surface area contributed by atoms with Crippen LogP contribution in [-0.2, 0) is 18.3 Å². The van der Waals surface area contributed by atoms with Gasteiger partial charge in [-0.05, 0) is 42.7 Å². The third kappa shape index (κ3) is 6.08. The Labute approximate surface area is 257 Å². The van der Waals surface area contributed by atoms with E-state index in [1.165, 1.54) is 10.8 Å². The van der Waals surface area contributed by atoms with Crippen LogP contribution < -0.4 is 15.0 Å². The van der Waals surface area contributed by atoms with Crippen LogP contribution in [0.3, 0.4) is 0 Å². The summed E-state index contributed by atoms with van der Waals surface area (Å²) in [5.41, 5.74) is 2.12. The molecule has 16 nitrogen and oxygen atoms in total. The van der Waals surface area contributed by atoms with E-state index in [4.69, 9.17) is 19.4 Å². The molecule has 0 radical (unpaired) electrons. The summed E-state index contributed by atoms with van der Waals surface area (Å²) in [7, 11) is 1.61. The molecule has 0 amide bonds. The molecular formula is C29H32N12O4. The van der Waals surface area contributed by atoms with E-state index in [1.54, 1.807) is 38.0 Å². The van der Waals surface area contributed by atoms with Crippen molar-refractivity contribution < 1.29 is 14.4 Å². The van der Waals surface area contributed by atoms with Crippen LogP contribution in [0.4, 0.5) is 17.7 Å². The number of nitro groups is 1. The van der Waals surface area contributed by atoms with Gasteiger partial charge in [0.25, 0.3) is 0 Å². The van der Waals surface area contributed by atoms with Crippen molar-refractivity contribution in [1.29, 1.82) is 0 Å². The first-order valence-corrected chi connectivity index (χ1v) is 14.9. The normalized spacial score (nSPS) is 18.6. The van der Waals surface area contributed by atoms with E-state index >= 15 is 0 Å². The zero-order valence-corrected chi connectivity index (χ0v) is 24.7. The van der Waals surface area contributed by atoms with E-state index in [9.17, 15) is 10.1 Å². The summed E-state index contributed by atoms with van der Waals surface area (Å²) in [4.78, 5) is 35.3. The van der Waals surface area contributed by atoms with Gasteiger partial charge in [0.05, 0.1) is 37.7 Å². The maximum absolute atomic E-state index is 11.3. The number of nitrogens with zero attached hydrogens (tertiary/aromatic N) is 11. The molecule has 1 aliphatic heterocycles. The van der Waals surface area contributed by atoms with Crippen LogP contribution in [0.2, 0.25) is 0 Å². The molecule has 1 saturated heterocycles.